The molecule has 0 saturated heterocycles. The van der Waals surface area contributed by atoms with E-state index in [1.165, 1.54) is 7.11 Å². The zero-order chi connectivity index (χ0) is 9.56. The van der Waals surface area contributed by atoms with Gasteiger partial charge >= 0.3 is 5.97 Å². The van der Waals surface area contributed by atoms with E-state index in [4.69, 9.17) is 0 Å². The van der Waals surface area contributed by atoms with Gasteiger partial charge in [-0.3, -0.25) is 4.79 Å². The van der Waals surface area contributed by atoms with Crippen LogP contribution >= 0.6 is 0 Å². The van der Waals surface area contributed by atoms with E-state index < -0.39 is 5.97 Å². The lowest BCUT2D eigenvalue weighted by Gasteiger charge is -2.09. The molecule has 0 aromatic heterocycles. The molecule has 4 heteroatoms. The minimum absolute atomic E-state index is 0.00182. The number of hydrogen-bond acceptors (Lipinski definition) is 4. The van der Waals surface area contributed by atoms with Crippen molar-refractivity contribution in [2.45, 2.75) is 26.2 Å². The summed E-state index contributed by atoms with van der Waals surface area (Å²) in [4.78, 5) is 20.7. The minimum atomic E-state index is -1.08. The van der Waals surface area contributed by atoms with E-state index in [2.05, 4.69) is 4.74 Å². The molecule has 12 heavy (non-hydrogen) atoms. The largest absolute Gasteiger partial charge is 0.550 e. The molecule has 70 valence electrons. The van der Waals surface area contributed by atoms with Crippen molar-refractivity contribution in [3.05, 3.63) is 0 Å². The molecule has 0 aliphatic carbocycles. The van der Waals surface area contributed by atoms with Crippen LogP contribution in [0.15, 0.2) is 0 Å². The van der Waals surface area contributed by atoms with Crippen molar-refractivity contribution in [3.8, 4) is 0 Å². The highest BCUT2D eigenvalue weighted by atomic mass is 16.5. The maximum atomic E-state index is 10.7. The van der Waals surface area contributed by atoms with Crippen molar-refractivity contribution in [1.82, 2.24) is 0 Å². The fraction of sp³-hybridized carbons (Fsp3) is 0.750. The molecule has 0 radical (unpaired) electrons. The number of rotatable bonds is 5. The number of aliphatic carboxylic acids is 1. The Kier molecular flexibility index (Phi) is 5.08. The number of carbonyl (C=O) groups excluding carboxylic acids is 2. The number of ether oxygens (including phenoxy) is 1. The van der Waals surface area contributed by atoms with Gasteiger partial charge in [0.1, 0.15) is 0 Å². The lowest BCUT2D eigenvalue weighted by atomic mass is 10.0. The first-order valence-corrected chi connectivity index (χ1v) is 3.83. The normalized spacial score (nSPS) is 12.2. The van der Waals surface area contributed by atoms with Crippen molar-refractivity contribution < 1.29 is 19.4 Å². The quantitative estimate of drug-likeness (QED) is 0.536. The van der Waals surface area contributed by atoms with Crippen molar-refractivity contribution in [3.63, 3.8) is 0 Å². The summed E-state index contributed by atoms with van der Waals surface area (Å²) in [5.41, 5.74) is 0. The average molecular weight is 173 g/mol. The Morgan fingerprint density at radius 2 is 2.08 bits per heavy atom. The first-order chi connectivity index (χ1) is 5.56. The molecule has 0 heterocycles. The van der Waals surface area contributed by atoms with Gasteiger partial charge in [0.2, 0.25) is 0 Å². The van der Waals surface area contributed by atoms with E-state index in [1.807, 2.05) is 0 Å². The predicted molar refractivity (Wildman–Crippen MR) is 40.0 cm³/mol. The Balaban J connectivity index is 3.52. The van der Waals surface area contributed by atoms with Gasteiger partial charge in [-0.1, -0.05) is 6.92 Å². The highest BCUT2D eigenvalue weighted by Crippen LogP contribution is 2.09. The molecule has 0 aliphatic heterocycles. The molecule has 1 atom stereocenters. The van der Waals surface area contributed by atoms with Gasteiger partial charge in [-0.05, 0) is 18.8 Å². The molecule has 0 fully saturated rings. The molecule has 1 unspecified atom stereocenters. The Bertz CT molecular complexity index is 164. The molecule has 0 rings (SSSR count). The number of carbonyl (C=O) groups is 2. The fourth-order valence-corrected chi connectivity index (χ4v) is 0.834. The third-order valence-electron chi connectivity index (χ3n) is 1.58. The zero-order valence-corrected chi connectivity index (χ0v) is 7.33. The van der Waals surface area contributed by atoms with E-state index in [0.29, 0.717) is 6.42 Å². The minimum Gasteiger partial charge on any atom is -0.550 e. The molecule has 0 saturated carbocycles. The third kappa shape index (κ3) is 5.70. The maximum Gasteiger partial charge on any atom is 0.305 e. The van der Waals surface area contributed by atoms with Crippen LogP contribution in [0.4, 0.5) is 0 Å². The smallest absolute Gasteiger partial charge is 0.305 e. The molecule has 0 bridgehead atoms. The summed E-state index contributed by atoms with van der Waals surface area (Å²) in [6.07, 6.45) is 0.722. The fourth-order valence-electron chi connectivity index (χ4n) is 0.834. The standard InChI is InChI=1S/C8H14O4/c1-6(3-4-7(9)10)5-8(11)12-2/h6H,3-5H2,1-2H3,(H,9,10)/p-1. The SMILES string of the molecule is COC(=O)CC(C)CCC(=O)[O-]. The molecular formula is C8H13O4-. The van der Waals surface area contributed by atoms with Crippen LogP contribution in [-0.4, -0.2) is 19.0 Å². The summed E-state index contributed by atoms with van der Waals surface area (Å²) < 4.78 is 4.43. The van der Waals surface area contributed by atoms with Crippen molar-refractivity contribution in [1.29, 1.82) is 0 Å². The van der Waals surface area contributed by atoms with Gasteiger partial charge in [0, 0.05) is 12.4 Å². The second-order valence-electron chi connectivity index (χ2n) is 2.80. The first kappa shape index (κ1) is 10.9. The summed E-state index contributed by atoms with van der Waals surface area (Å²) in [6, 6.07) is 0. The molecule has 0 aliphatic rings. The number of carboxylic acid groups (broad SMARTS) is 1. The molecular weight excluding hydrogens is 160 g/mol. The van der Waals surface area contributed by atoms with Crippen LogP contribution < -0.4 is 5.11 Å². The second kappa shape index (κ2) is 5.57. The molecule has 4 nitrogen and oxygen atoms in total. The molecule has 0 aromatic carbocycles. The Labute approximate surface area is 71.5 Å². The highest BCUT2D eigenvalue weighted by Gasteiger charge is 2.08. The van der Waals surface area contributed by atoms with Crippen molar-refractivity contribution in [2.24, 2.45) is 5.92 Å². The second-order valence-corrected chi connectivity index (χ2v) is 2.80. The van der Waals surface area contributed by atoms with E-state index in [-0.39, 0.29) is 24.7 Å². The van der Waals surface area contributed by atoms with E-state index in [0.717, 1.165) is 0 Å². The van der Waals surface area contributed by atoms with Gasteiger partial charge in [-0.15, -0.1) is 0 Å². The van der Waals surface area contributed by atoms with Crippen LogP contribution in [-0.2, 0) is 14.3 Å². The summed E-state index contributed by atoms with van der Waals surface area (Å²) in [7, 11) is 1.31. The van der Waals surface area contributed by atoms with Crippen LogP contribution in [0.25, 0.3) is 0 Å². The Hall–Kier alpha value is -1.06. The monoisotopic (exact) mass is 173 g/mol. The summed E-state index contributed by atoms with van der Waals surface area (Å²) in [5, 5.41) is 10.0. The van der Waals surface area contributed by atoms with Gasteiger partial charge < -0.3 is 14.6 Å². The van der Waals surface area contributed by atoms with Crippen molar-refractivity contribution in [2.75, 3.05) is 7.11 Å². The van der Waals surface area contributed by atoms with E-state index in [1.54, 1.807) is 6.92 Å². The lowest BCUT2D eigenvalue weighted by Crippen LogP contribution is -2.22. The van der Waals surface area contributed by atoms with Crippen molar-refractivity contribution >= 4 is 11.9 Å². The summed E-state index contributed by atoms with van der Waals surface area (Å²) in [5.74, 6) is -1.34. The molecule has 0 N–H and O–H groups in total. The maximum absolute atomic E-state index is 10.7. The van der Waals surface area contributed by atoms with Gasteiger partial charge in [-0.25, -0.2) is 0 Å². The topological polar surface area (TPSA) is 66.4 Å². The van der Waals surface area contributed by atoms with E-state index >= 15 is 0 Å². The van der Waals surface area contributed by atoms with Crippen LogP contribution in [0.5, 0.6) is 0 Å². The predicted octanol–water partition coefficient (Wildman–Crippen LogP) is -0.284. The molecule has 0 amide bonds. The highest BCUT2D eigenvalue weighted by molar-refractivity contribution is 5.69. The summed E-state index contributed by atoms with van der Waals surface area (Å²) >= 11 is 0. The van der Waals surface area contributed by atoms with Crippen LogP contribution in [0.2, 0.25) is 0 Å². The lowest BCUT2D eigenvalue weighted by molar-refractivity contribution is -0.306. The average Bonchev–Trinajstić information content (AvgIpc) is 2.00. The third-order valence-corrected chi connectivity index (χ3v) is 1.58. The number of methoxy groups -OCH3 is 1. The number of hydrogen-bond donors (Lipinski definition) is 0. The van der Waals surface area contributed by atoms with Gasteiger partial charge in [0.25, 0.3) is 0 Å². The van der Waals surface area contributed by atoms with Crippen LogP contribution in [0.1, 0.15) is 26.2 Å². The molecule has 0 aromatic rings. The number of esters is 1. The van der Waals surface area contributed by atoms with E-state index in [9.17, 15) is 14.7 Å². The Morgan fingerprint density at radius 1 is 1.50 bits per heavy atom. The number of carboxylic acids is 1. The molecule has 0 spiro atoms. The van der Waals surface area contributed by atoms with Crippen LogP contribution in [0.3, 0.4) is 0 Å². The zero-order valence-electron chi connectivity index (χ0n) is 7.33. The van der Waals surface area contributed by atoms with Gasteiger partial charge in [0.15, 0.2) is 0 Å². The van der Waals surface area contributed by atoms with Gasteiger partial charge in [0.05, 0.1) is 7.11 Å². The summed E-state index contributed by atoms with van der Waals surface area (Å²) in [6.45, 7) is 1.81. The first-order valence-electron chi connectivity index (χ1n) is 3.83. The van der Waals surface area contributed by atoms with Gasteiger partial charge in [-0.2, -0.15) is 0 Å². The van der Waals surface area contributed by atoms with Crippen LogP contribution in [0, 0.1) is 5.92 Å². The Morgan fingerprint density at radius 3 is 2.50 bits per heavy atom.